The van der Waals surface area contributed by atoms with Gasteiger partial charge in [0.2, 0.25) is 0 Å². The molecule has 1 heterocycles. The number of hydrogen-bond acceptors (Lipinski definition) is 4. The molecule has 0 bridgehead atoms. The van der Waals surface area contributed by atoms with Crippen molar-refractivity contribution < 1.29 is 4.74 Å². The van der Waals surface area contributed by atoms with E-state index in [0.29, 0.717) is 11.0 Å². The Bertz CT molecular complexity index is 592. The van der Waals surface area contributed by atoms with Crippen LogP contribution >= 0.6 is 27.5 Å². The molecule has 0 aliphatic rings. The maximum absolute atomic E-state index is 6.07. The van der Waals surface area contributed by atoms with Gasteiger partial charge in [-0.2, -0.15) is 0 Å². The number of methoxy groups -OCH3 is 1. The third-order valence-corrected chi connectivity index (χ3v) is 3.69. The van der Waals surface area contributed by atoms with Crippen LogP contribution in [0.1, 0.15) is 12.5 Å². The molecular formula is C13H13BrClN3O. The molecular weight excluding hydrogens is 330 g/mol. The van der Waals surface area contributed by atoms with Gasteiger partial charge >= 0.3 is 0 Å². The molecule has 1 aromatic heterocycles. The van der Waals surface area contributed by atoms with E-state index >= 15 is 0 Å². The first-order valence-corrected chi connectivity index (χ1v) is 6.92. The number of halogens is 2. The largest absolute Gasteiger partial charge is 0.497 e. The van der Waals surface area contributed by atoms with E-state index in [0.717, 1.165) is 27.9 Å². The molecule has 0 amide bonds. The molecule has 0 saturated carbocycles. The van der Waals surface area contributed by atoms with Crippen molar-refractivity contribution in [2.75, 3.05) is 12.4 Å². The summed E-state index contributed by atoms with van der Waals surface area (Å²) in [7, 11) is 1.63. The summed E-state index contributed by atoms with van der Waals surface area (Å²) < 4.78 is 6.13. The van der Waals surface area contributed by atoms with E-state index in [1.165, 1.54) is 6.33 Å². The molecule has 0 aliphatic heterocycles. The van der Waals surface area contributed by atoms with Crippen molar-refractivity contribution in [1.29, 1.82) is 0 Å². The van der Waals surface area contributed by atoms with Crippen LogP contribution in [-0.2, 0) is 6.42 Å². The highest BCUT2D eigenvalue weighted by Gasteiger charge is 2.10. The standard InChI is InChI=1S/C13H13BrClN3O/c1-3-9-12(15)16-7-17-13(9)18-11-6-8(19-2)4-5-10(11)14/h4-7H,3H2,1-2H3,(H,16,17,18). The van der Waals surface area contributed by atoms with Crippen molar-refractivity contribution >= 4 is 39.0 Å². The van der Waals surface area contributed by atoms with E-state index < -0.39 is 0 Å². The molecule has 4 nitrogen and oxygen atoms in total. The SMILES string of the molecule is CCc1c(Cl)ncnc1Nc1cc(OC)ccc1Br. The van der Waals surface area contributed by atoms with Crippen molar-refractivity contribution in [3.05, 3.63) is 39.7 Å². The Kier molecular flexibility index (Phi) is 4.61. The van der Waals surface area contributed by atoms with Crippen LogP contribution in [-0.4, -0.2) is 17.1 Å². The third kappa shape index (κ3) is 3.16. The second kappa shape index (κ2) is 6.21. The summed E-state index contributed by atoms with van der Waals surface area (Å²) in [6.07, 6.45) is 2.20. The number of nitrogens with one attached hydrogen (secondary N) is 1. The quantitative estimate of drug-likeness (QED) is 0.846. The molecule has 0 spiro atoms. The average Bonchev–Trinajstić information content (AvgIpc) is 2.41. The molecule has 1 N–H and O–H groups in total. The molecule has 0 aliphatic carbocycles. The van der Waals surface area contributed by atoms with Crippen molar-refractivity contribution in [3.8, 4) is 5.75 Å². The summed E-state index contributed by atoms with van der Waals surface area (Å²) in [6.45, 7) is 2.01. The summed E-state index contributed by atoms with van der Waals surface area (Å²) in [6, 6.07) is 5.68. The first-order chi connectivity index (χ1) is 9.15. The summed E-state index contributed by atoms with van der Waals surface area (Å²) in [5, 5.41) is 3.72. The van der Waals surface area contributed by atoms with E-state index in [1.807, 2.05) is 25.1 Å². The highest BCUT2D eigenvalue weighted by molar-refractivity contribution is 9.10. The fourth-order valence-corrected chi connectivity index (χ4v) is 2.28. The molecule has 2 aromatic rings. The van der Waals surface area contributed by atoms with Crippen LogP contribution in [0.4, 0.5) is 11.5 Å². The number of aromatic nitrogens is 2. The van der Waals surface area contributed by atoms with E-state index in [2.05, 4.69) is 31.2 Å². The van der Waals surface area contributed by atoms with Crippen LogP contribution in [0.2, 0.25) is 5.15 Å². The smallest absolute Gasteiger partial charge is 0.138 e. The second-order valence-electron chi connectivity index (χ2n) is 3.82. The first kappa shape index (κ1) is 14.1. The van der Waals surface area contributed by atoms with Crippen LogP contribution in [0.5, 0.6) is 5.75 Å². The van der Waals surface area contributed by atoms with Gasteiger partial charge in [0.15, 0.2) is 0 Å². The van der Waals surface area contributed by atoms with Crippen molar-refractivity contribution in [2.24, 2.45) is 0 Å². The van der Waals surface area contributed by atoms with Crippen molar-refractivity contribution in [2.45, 2.75) is 13.3 Å². The lowest BCUT2D eigenvalue weighted by Gasteiger charge is -2.12. The zero-order valence-electron chi connectivity index (χ0n) is 10.6. The predicted molar refractivity (Wildman–Crippen MR) is 80.4 cm³/mol. The molecule has 0 unspecified atom stereocenters. The zero-order chi connectivity index (χ0) is 13.8. The molecule has 2 rings (SSSR count). The van der Waals surface area contributed by atoms with E-state index in [-0.39, 0.29) is 0 Å². The summed E-state index contributed by atoms with van der Waals surface area (Å²) in [4.78, 5) is 8.22. The first-order valence-electron chi connectivity index (χ1n) is 5.75. The fourth-order valence-electron chi connectivity index (χ4n) is 1.67. The monoisotopic (exact) mass is 341 g/mol. The van der Waals surface area contributed by atoms with Gasteiger partial charge in [0, 0.05) is 16.1 Å². The van der Waals surface area contributed by atoms with Gasteiger partial charge in [0.25, 0.3) is 0 Å². The number of rotatable bonds is 4. The van der Waals surface area contributed by atoms with Gasteiger partial charge in [-0.15, -0.1) is 0 Å². The van der Waals surface area contributed by atoms with Crippen LogP contribution in [0.15, 0.2) is 29.0 Å². The van der Waals surface area contributed by atoms with Crippen molar-refractivity contribution in [3.63, 3.8) is 0 Å². The number of hydrogen-bond donors (Lipinski definition) is 1. The summed E-state index contributed by atoms with van der Waals surface area (Å²) >= 11 is 9.55. The fraction of sp³-hybridized carbons (Fsp3) is 0.231. The minimum Gasteiger partial charge on any atom is -0.497 e. The lowest BCUT2D eigenvalue weighted by Crippen LogP contribution is -2.01. The normalized spacial score (nSPS) is 10.3. The van der Waals surface area contributed by atoms with Gasteiger partial charge in [-0.1, -0.05) is 18.5 Å². The minimum absolute atomic E-state index is 0.471. The maximum Gasteiger partial charge on any atom is 0.138 e. The predicted octanol–water partition coefficient (Wildman–Crippen LogP) is 4.21. The molecule has 0 saturated heterocycles. The van der Waals surface area contributed by atoms with Crippen LogP contribution in [0.25, 0.3) is 0 Å². The Morgan fingerprint density at radius 3 is 2.84 bits per heavy atom. The van der Waals surface area contributed by atoms with Gasteiger partial charge in [-0.05, 0) is 34.5 Å². The Morgan fingerprint density at radius 2 is 2.16 bits per heavy atom. The molecule has 0 atom stereocenters. The minimum atomic E-state index is 0.471. The zero-order valence-corrected chi connectivity index (χ0v) is 12.9. The van der Waals surface area contributed by atoms with E-state index in [4.69, 9.17) is 16.3 Å². The molecule has 0 fully saturated rings. The van der Waals surface area contributed by atoms with E-state index in [9.17, 15) is 0 Å². The molecule has 19 heavy (non-hydrogen) atoms. The van der Waals surface area contributed by atoms with Gasteiger partial charge in [-0.3, -0.25) is 0 Å². The maximum atomic E-state index is 6.07. The molecule has 6 heteroatoms. The Morgan fingerprint density at radius 1 is 1.37 bits per heavy atom. The number of nitrogens with zero attached hydrogens (tertiary/aromatic N) is 2. The van der Waals surface area contributed by atoms with Gasteiger partial charge in [-0.25, -0.2) is 9.97 Å². The highest BCUT2D eigenvalue weighted by Crippen LogP contribution is 2.31. The van der Waals surface area contributed by atoms with Crippen LogP contribution in [0.3, 0.4) is 0 Å². The van der Waals surface area contributed by atoms with E-state index in [1.54, 1.807) is 7.11 Å². The van der Waals surface area contributed by atoms with Crippen LogP contribution < -0.4 is 10.1 Å². The third-order valence-electron chi connectivity index (χ3n) is 2.67. The molecule has 100 valence electrons. The van der Waals surface area contributed by atoms with Gasteiger partial charge in [0.1, 0.15) is 23.0 Å². The topological polar surface area (TPSA) is 47.0 Å². The van der Waals surface area contributed by atoms with Gasteiger partial charge < -0.3 is 10.1 Å². The van der Waals surface area contributed by atoms with Gasteiger partial charge in [0.05, 0.1) is 12.8 Å². The summed E-state index contributed by atoms with van der Waals surface area (Å²) in [5.41, 5.74) is 1.75. The lowest BCUT2D eigenvalue weighted by atomic mass is 10.2. The number of anilines is 2. The Labute approximate surface area is 125 Å². The molecule has 0 radical (unpaired) electrons. The lowest BCUT2D eigenvalue weighted by molar-refractivity contribution is 0.415. The highest BCUT2D eigenvalue weighted by atomic mass is 79.9. The number of benzene rings is 1. The van der Waals surface area contributed by atoms with Crippen molar-refractivity contribution in [1.82, 2.24) is 9.97 Å². The Balaban J connectivity index is 2.38. The average molecular weight is 343 g/mol. The number of ether oxygens (including phenoxy) is 1. The van der Waals surface area contributed by atoms with Crippen LogP contribution in [0, 0.1) is 0 Å². The molecule has 1 aromatic carbocycles. The second-order valence-corrected chi connectivity index (χ2v) is 5.03. The summed E-state index contributed by atoms with van der Waals surface area (Å²) in [5.74, 6) is 1.47. The Hall–Kier alpha value is -1.33.